The van der Waals surface area contributed by atoms with Gasteiger partial charge in [0.25, 0.3) is 0 Å². The van der Waals surface area contributed by atoms with Crippen LogP contribution in [0, 0.1) is 0 Å². The van der Waals surface area contributed by atoms with Gasteiger partial charge in [0.15, 0.2) is 5.78 Å². The molecule has 0 saturated carbocycles. The van der Waals surface area contributed by atoms with E-state index < -0.39 is 65.3 Å². The first-order chi connectivity index (χ1) is 21.5. The normalized spacial score (nSPS) is 18.7. The second-order valence-corrected chi connectivity index (χ2v) is 12.0. The van der Waals surface area contributed by atoms with Gasteiger partial charge >= 0.3 is 47.6 Å². The Balaban J connectivity index is 1.77. The number of benzene rings is 2. The zero-order chi connectivity index (χ0) is 37.2. The van der Waals surface area contributed by atoms with E-state index >= 15 is 0 Å². The molecule has 1 aliphatic rings. The standard InChI is InChI=1S/C28H22F17NOS/c1-3-20(14-16-6-4-5-7-18(16)46(20)2)19(47)15-8-10-17(11-9-15)48-13-12-21(29,30)22(31,32)23(33,34)24(35,36)25(37,38)26(39,40)27(41,42)28(43,44)45/h4-11H,3,12-14H2,1-2H3. The maximum absolute atomic E-state index is 14.2. The third kappa shape index (κ3) is 5.66. The molecule has 0 radical (unpaired) electrons. The second-order valence-electron chi connectivity index (χ2n) is 10.9. The van der Waals surface area contributed by atoms with Gasteiger partial charge in [-0.3, -0.25) is 4.79 Å². The number of anilines is 1. The summed E-state index contributed by atoms with van der Waals surface area (Å²) in [5, 5.41) is 0. The number of likely N-dealkylation sites (N-methyl/N-ethyl adjacent to an activating group) is 1. The third-order valence-electron chi connectivity index (χ3n) is 8.07. The van der Waals surface area contributed by atoms with E-state index in [2.05, 4.69) is 0 Å². The van der Waals surface area contributed by atoms with Crippen LogP contribution in [0.3, 0.4) is 0 Å². The zero-order valence-electron chi connectivity index (χ0n) is 24.1. The van der Waals surface area contributed by atoms with E-state index in [-0.39, 0.29) is 28.0 Å². The Morgan fingerprint density at radius 1 is 0.688 bits per heavy atom. The van der Waals surface area contributed by atoms with Gasteiger partial charge in [0.2, 0.25) is 0 Å². The first-order valence-electron chi connectivity index (χ1n) is 13.3. The van der Waals surface area contributed by atoms with E-state index in [1.165, 1.54) is 12.1 Å². The number of carbonyl (C=O) groups excluding carboxylic acids is 1. The lowest BCUT2D eigenvalue weighted by Gasteiger charge is -2.42. The first kappa shape index (κ1) is 39.5. The molecular formula is C28H22F17NOS. The molecule has 48 heavy (non-hydrogen) atoms. The fourth-order valence-corrected chi connectivity index (χ4v) is 5.95. The topological polar surface area (TPSA) is 20.3 Å². The largest absolute Gasteiger partial charge is 0.460 e. The van der Waals surface area contributed by atoms with E-state index in [0.29, 0.717) is 12.8 Å². The molecule has 0 aromatic heterocycles. The molecule has 0 bridgehead atoms. The molecule has 1 aliphatic heterocycles. The van der Waals surface area contributed by atoms with Crippen molar-refractivity contribution < 1.29 is 79.4 Å². The van der Waals surface area contributed by atoms with Gasteiger partial charge in [-0.2, -0.15) is 74.6 Å². The number of nitrogens with zero attached hydrogens (tertiary/aromatic N) is 1. The number of carbonyl (C=O) groups is 1. The number of halogens is 17. The van der Waals surface area contributed by atoms with Crippen LogP contribution >= 0.6 is 11.8 Å². The van der Waals surface area contributed by atoms with Gasteiger partial charge in [0.05, 0.1) is 0 Å². The summed E-state index contributed by atoms with van der Waals surface area (Å²) in [7, 11) is 1.69. The summed E-state index contributed by atoms with van der Waals surface area (Å²) in [5.74, 6) is -58.2. The van der Waals surface area contributed by atoms with E-state index in [1.807, 2.05) is 6.07 Å². The number of ketones is 1. The number of thioether (sulfide) groups is 1. The summed E-state index contributed by atoms with van der Waals surface area (Å²) in [6.45, 7) is 1.75. The Hall–Kier alpha value is -2.93. The van der Waals surface area contributed by atoms with Crippen molar-refractivity contribution in [3.05, 3.63) is 59.7 Å². The maximum atomic E-state index is 14.2. The Labute approximate surface area is 264 Å². The van der Waals surface area contributed by atoms with E-state index in [0.717, 1.165) is 23.4 Å². The van der Waals surface area contributed by atoms with Gasteiger partial charge in [-0.25, -0.2) is 0 Å². The van der Waals surface area contributed by atoms with Crippen LogP contribution in [0.4, 0.5) is 80.3 Å². The highest BCUT2D eigenvalue weighted by Gasteiger charge is 2.95. The molecule has 3 rings (SSSR count). The van der Waals surface area contributed by atoms with Crippen molar-refractivity contribution in [3.8, 4) is 0 Å². The molecule has 2 aromatic carbocycles. The van der Waals surface area contributed by atoms with Crippen LogP contribution in [0.5, 0.6) is 0 Å². The van der Waals surface area contributed by atoms with Gasteiger partial charge in [-0.15, -0.1) is 11.8 Å². The lowest BCUT2D eigenvalue weighted by molar-refractivity contribution is -0.461. The summed E-state index contributed by atoms with van der Waals surface area (Å²) >= 11 is 0.186. The lowest BCUT2D eigenvalue weighted by Crippen LogP contribution is -2.74. The van der Waals surface area contributed by atoms with Crippen molar-refractivity contribution in [3.63, 3.8) is 0 Å². The summed E-state index contributed by atoms with van der Waals surface area (Å²) in [4.78, 5) is 15.2. The summed E-state index contributed by atoms with van der Waals surface area (Å²) < 4.78 is 229. The molecule has 1 heterocycles. The highest BCUT2D eigenvalue weighted by atomic mass is 32.2. The smallest absolute Gasteiger partial charge is 0.361 e. The molecule has 1 unspecified atom stereocenters. The quantitative estimate of drug-likeness (QED) is 0.116. The molecule has 0 saturated heterocycles. The number of hydrogen-bond acceptors (Lipinski definition) is 3. The Morgan fingerprint density at radius 2 is 1.15 bits per heavy atom. The van der Waals surface area contributed by atoms with Crippen molar-refractivity contribution >= 4 is 23.2 Å². The minimum Gasteiger partial charge on any atom is -0.361 e. The number of hydrogen-bond donors (Lipinski definition) is 0. The van der Waals surface area contributed by atoms with Crippen LogP contribution in [0.25, 0.3) is 0 Å². The molecule has 2 aromatic rings. The Morgan fingerprint density at radius 3 is 1.60 bits per heavy atom. The van der Waals surface area contributed by atoms with Crippen molar-refractivity contribution in [2.75, 3.05) is 17.7 Å². The van der Waals surface area contributed by atoms with Crippen LogP contribution in [-0.2, 0) is 6.42 Å². The van der Waals surface area contributed by atoms with E-state index in [4.69, 9.17) is 0 Å². The summed E-state index contributed by atoms with van der Waals surface area (Å²) in [6, 6.07) is 11.8. The van der Waals surface area contributed by atoms with Crippen LogP contribution in [0.15, 0.2) is 53.4 Å². The number of alkyl halides is 17. The number of Topliss-reactive ketones (excluding diaryl/α,β-unsaturated/α-hetero) is 1. The molecule has 0 fully saturated rings. The van der Waals surface area contributed by atoms with Crippen molar-refractivity contribution in [1.29, 1.82) is 0 Å². The van der Waals surface area contributed by atoms with Gasteiger partial charge in [0, 0.05) is 41.8 Å². The van der Waals surface area contributed by atoms with Crippen molar-refractivity contribution in [1.82, 2.24) is 0 Å². The van der Waals surface area contributed by atoms with Crippen LogP contribution < -0.4 is 4.90 Å². The average molecular weight is 744 g/mol. The minimum absolute atomic E-state index is 0.0862. The molecule has 0 aliphatic carbocycles. The summed E-state index contributed by atoms with van der Waals surface area (Å²) in [6.07, 6.45) is -9.67. The predicted molar refractivity (Wildman–Crippen MR) is 138 cm³/mol. The molecule has 2 nitrogen and oxygen atoms in total. The SMILES string of the molecule is CCC1(C(=O)c2ccc(SCCC(F)(F)C(F)(F)C(F)(F)C(F)(F)C(F)(F)C(F)(F)C(F)(F)C(F)(F)F)cc2)Cc2ccccc2N1C. The third-order valence-corrected chi connectivity index (χ3v) is 9.09. The molecule has 1 atom stereocenters. The van der Waals surface area contributed by atoms with Crippen LogP contribution in [0.1, 0.15) is 35.7 Å². The highest BCUT2D eigenvalue weighted by Crippen LogP contribution is 2.64. The summed E-state index contributed by atoms with van der Waals surface area (Å²) in [5.41, 5.74) is 0.744. The van der Waals surface area contributed by atoms with Gasteiger partial charge in [-0.05, 0) is 30.2 Å². The highest BCUT2D eigenvalue weighted by molar-refractivity contribution is 7.99. The van der Waals surface area contributed by atoms with Gasteiger partial charge in [0.1, 0.15) is 5.54 Å². The molecule has 0 spiro atoms. The van der Waals surface area contributed by atoms with E-state index in [9.17, 15) is 79.4 Å². The fourth-order valence-electron chi connectivity index (χ4n) is 5.03. The van der Waals surface area contributed by atoms with Crippen molar-refractivity contribution in [2.24, 2.45) is 0 Å². The van der Waals surface area contributed by atoms with Crippen LogP contribution in [-0.4, -0.2) is 71.8 Å². The fraction of sp³-hybridized carbons (Fsp3) is 0.536. The predicted octanol–water partition coefficient (Wildman–Crippen LogP) is 10.2. The first-order valence-corrected chi connectivity index (χ1v) is 14.3. The number of fused-ring (bicyclic) bond motifs is 1. The van der Waals surface area contributed by atoms with Gasteiger partial charge in [-0.1, -0.05) is 37.3 Å². The molecule has 20 heteroatoms. The zero-order valence-corrected chi connectivity index (χ0v) is 25.0. The monoisotopic (exact) mass is 743 g/mol. The van der Waals surface area contributed by atoms with Crippen LogP contribution in [0.2, 0.25) is 0 Å². The Kier molecular flexibility index (Phi) is 9.99. The maximum Gasteiger partial charge on any atom is 0.460 e. The van der Waals surface area contributed by atoms with Crippen molar-refractivity contribution in [2.45, 2.75) is 84.3 Å². The molecule has 0 amide bonds. The minimum atomic E-state index is -8.65. The average Bonchev–Trinajstić information content (AvgIpc) is 3.28. The number of rotatable bonds is 13. The van der Waals surface area contributed by atoms with Gasteiger partial charge < -0.3 is 4.90 Å². The lowest BCUT2D eigenvalue weighted by atomic mass is 9.83. The molecule has 0 N–H and O–H groups in total. The molecular weight excluding hydrogens is 721 g/mol. The number of para-hydroxylation sites is 1. The second kappa shape index (κ2) is 12.1. The molecule has 270 valence electrons. The van der Waals surface area contributed by atoms with E-state index in [1.54, 1.807) is 37.1 Å². The Bertz CT molecular complexity index is 1490.